The van der Waals surface area contributed by atoms with Crippen molar-refractivity contribution in [1.82, 2.24) is 15.5 Å². The van der Waals surface area contributed by atoms with Crippen molar-refractivity contribution in [2.75, 3.05) is 33.9 Å². The molecule has 0 aliphatic carbocycles. The fourth-order valence-corrected chi connectivity index (χ4v) is 3.39. The number of carbonyl (C=O) groups excluding carboxylic acids is 1. The molecule has 7 heteroatoms. The molecular formula is C14H29Cl2N3O2. The van der Waals surface area contributed by atoms with Crippen molar-refractivity contribution in [3.8, 4) is 0 Å². The fourth-order valence-electron chi connectivity index (χ4n) is 3.39. The Hall–Kier alpha value is -0.0700. The summed E-state index contributed by atoms with van der Waals surface area (Å²) in [6.45, 7) is 1.76. The van der Waals surface area contributed by atoms with Gasteiger partial charge in [0.15, 0.2) is 0 Å². The van der Waals surface area contributed by atoms with Gasteiger partial charge in [0.05, 0.1) is 13.2 Å². The van der Waals surface area contributed by atoms with Crippen molar-refractivity contribution < 1.29 is 9.53 Å². The Labute approximate surface area is 140 Å². The number of carbonyl (C=O) groups is 1. The van der Waals surface area contributed by atoms with Crippen LogP contribution in [0.3, 0.4) is 0 Å². The maximum Gasteiger partial charge on any atom is 0.234 e. The Morgan fingerprint density at radius 3 is 2.43 bits per heavy atom. The number of amides is 1. The van der Waals surface area contributed by atoms with Crippen LogP contribution in [0.2, 0.25) is 0 Å². The van der Waals surface area contributed by atoms with Crippen LogP contribution >= 0.6 is 24.8 Å². The molecular weight excluding hydrogens is 313 g/mol. The second-order valence-electron chi connectivity index (χ2n) is 5.81. The number of methoxy groups -OCH3 is 1. The molecule has 0 aromatic heterocycles. The van der Waals surface area contributed by atoms with Gasteiger partial charge < -0.3 is 20.3 Å². The van der Waals surface area contributed by atoms with E-state index in [2.05, 4.69) is 22.6 Å². The summed E-state index contributed by atoms with van der Waals surface area (Å²) in [5.74, 6) is 0.115. The van der Waals surface area contributed by atoms with Crippen molar-refractivity contribution in [2.45, 2.75) is 50.2 Å². The van der Waals surface area contributed by atoms with Crippen molar-refractivity contribution in [3.63, 3.8) is 0 Å². The molecule has 2 rings (SSSR count). The van der Waals surface area contributed by atoms with Gasteiger partial charge in [0.25, 0.3) is 0 Å². The van der Waals surface area contributed by atoms with E-state index >= 15 is 0 Å². The van der Waals surface area contributed by atoms with Crippen LogP contribution in [-0.2, 0) is 9.53 Å². The highest BCUT2D eigenvalue weighted by atomic mass is 35.5. The minimum Gasteiger partial charge on any atom is -0.383 e. The summed E-state index contributed by atoms with van der Waals surface area (Å²) in [5.41, 5.74) is 0. The van der Waals surface area contributed by atoms with Crippen molar-refractivity contribution in [1.29, 1.82) is 0 Å². The average Bonchev–Trinajstić information content (AvgIpc) is 2.36. The zero-order valence-electron chi connectivity index (χ0n) is 13.0. The summed E-state index contributed by atoms with van der Waals surface area (Å²) in [5, 5.41) is 6.26. The number of nitrogens with one attached hydrogen (secondary N) is 2. The molecule has 2 aliphatic heterocycles. The molecule has 2 saturated heterocycles. The molecule has 0 spiro atoms. The molecule has 0 aromatic rings. The van der Waals surface area contributed by atoms with Gasteiger partial charge in [-0.1, -0.05) is 6.42 Å². The minimum atomic E-state index is 0. The Kier molecular flexibility index (Phi) is 10.6. The maximum atomic E-state index is 11.8. The molecule has 5 nitrogen and oxygen atoms in total. The first-order valence-electron chi connectivity index (χ1n) is 7.41. The number of hydrogen-bond acceptors (Lipinski definition) is 4. The van der Waals surface area contributed by atoms with Crippen molar-refractivity contribution >= 4 is 30.7 Å². The van der Waals surface area contributed by atoms with Gasteiger partial charge in [-0.2, -0.15) is 0 Å². The minimum absolute atomic E-state index is 0. The summed E-state index contributed by atoms with van der Waals surface area (Å²) in [6.07, 6.45) is 6.13. The van der Waals surface area contributed by atoms with Gasteiger partial charge in [0.2, 0.25) is 5.91 Å². The number of ether oxygens (including phenoxy) is 1. The lowest BCUT2D eigenvalue weighted by atomic mass is 9.82. The second kappa shape index (κ2) is 10.6. The normalized spacial score (nSPS) is 28.2. The summed E-state index contributed by atoms with van der Waals surface area (Å²) >= 11 is 0. The molecule has 21 heavy (non-hydrogen) atoms. The second-order valence-corrected chi connectivity index (χ2v) is 5.81. The largest absolute Gasteiger partial charge is 0.383 e. The summed E-state index contributed by atoms with van der Waals surface area (Å²) < 4.78 is 4.94. The van der Waals surface area contributed by atoms with Crippen molar-refractivity contribution in [2.24, 2.45) is 0 Å². The highest BCUT2D eigenvalue weighted by Crippen LogP contribution is 2.32. The molecule has 126 valence electrons. The van der Waals surface area contributed by atoms with Crippen LogP contribution < -0.4 is 10.6 Å². The van der Waals surface area contributed by atoms with E-state index in [1.807, 2.05) is 0 Å². The SMILES string of the molecule is COCCNCC(=O)NC1CC2CCCC(C1)N2C.Cl.Cl. The van der Waals surface area contributed by atoms with E-state index < -0.39 is 0 Å². The van der Waals surface area contributed by atoms with Crippen LogP contribution in [0.1, 0.15) is 32.1 Å². The van der Waals surface area contributed by atoms with Crippen LogP contribution in [0.5, 0.6) is 0 Å². The lowest BCUT2D eigenvalue weighted by molar-refractivity contribution is -0.121. The predicted molar refractivity (Wildman–Crippen MR) is 89.6 cm³/mol. The molecule has 2 heterocycles. The predicted octanol–water partition coefficient (Wildman–Crippen LogP) is 1.20. The van der Waals surface area contributed by atoms with E-state index in [0.29, 0.717) is 31.3 Å². The number of piperidine rings is 2. The molecule has 2 fully saturated rings. The Bertz CT molecular complexity index is 294. The molecule has 1 amide bonds. The summed E-state index contributed by atoms with van der Waals surface area (Å²) in [7, 11) is 3.90. The van der Waals surface area contributed by atoms with Gasteiger partial charge in [-0.25, -0.2) is 0 Å². The van der Waals surface area contributed by atoms with Gasteiger partial charge in [-0.15, -0.1) is 24.8 Å². The number of hydrogen-bond donors (Lipinski definition) is 2. The van der Waals surface area contributed by atoms with E-state index in [9.17, 15) is 4.79 Å². The first-order valence-corrected chi connectivity index (χ1v) is 7.41. The Balaban J connectivity index is 0.00000200. The van der Waals surface area contributed by atoms with E-state index in [1.165, 1.54) is 19.3 Å². The third kappa shape index (κ3) is 6.28. The van der Waals surface area contributed by atoms with Gasteiger partial charge >= 0.3 is 0 Å². The molecule has 0 radical (unpaired) electrons. The number of rotatable bonds is 6. The zero-order valence-corrected chi connectivity index (χ0v) is 14.6. The molecule has 2 N–H and O–H groups in total. The van der Waals surface area contributed by atoms with E-state index in [1.54, 1.807) is 7.11 Å². The molecule has 2 aliphatic rings. The number of halogens is 2. The lowest BCUT2D eigenvalue weighted by Gasteiger charge is -2.47. The fraction of sp³-hybridized carbons (Fsp3) is 0.929. The highest BCUT2D eigenvalue weighted by molar-refractivity contribution is 5.85. The zero-order chi connectivity index (χ0) is 13.7. The van der Waals surface area contributed by atoms with Crippen LogP contribution in [0, 0.1) is 0 Å². The number of nitrogens with zero attached hydrogens (tertiary/aromatic N) is 1. The monoisotopic (exact) mass is 341 g/mol. The Morgan fingerprint density at radius 2 is 1.86 bits per heavy atom. The first kappa shape index (κ1) is 20.9. The smallest absolute Gasteiger partial charge is 0.234 e. The van der Waals surface area contributed by atoms with Crippen LogP contribution in [0.4, 0.5) is 0 Å². The van der Waals surface area contributed by atoms with Crippen LogP contribution in [-0.4, -0.2) is 62.8 Å². The van der Waals surface area contributed by atoms with Crippen molar-refractivity contribution in [3.05, 3.63) is 0 Å². The van der Waals surface area contributed by atoms with Gasteiger partial charge in [-0.05, 0) is 32.7 Å². The third-order valence-electron chi connectivity index (χ3n) is 4.47. The quantitative estimate of drug-likeness (QED) is 0.713. The highest BCUT2D eigenvalue weighted by Gasteiger charge is 2.36. The lowest BCUT2D eigenvalue weighted by Crippen LogP contribution is -2.56. The first-order chi connectivity index (χ1) is 9.20. The third-order valence-corrected chi connectivity index (χ3v) is 4.47. The maximum absolute atomic E-state index is 11.8. The Morgan fingerprint density at radius 1 is 1.24 bits per heavy atom. The molecule has 2 bridgehead atoms. The van der Waals surface area contributed by atoms with Gasteiger partial charge in [0.1, 0.15) is 0 Å². The van der Waals surface area contributed by atoms with E-state index in [4.69, 9.17) is 4.74 Å². The van der Waals surface area contributed by atoms with Gasteiger partial charge in [0, 0.05) is 31.8 Å². The standard InChI is InChI=1S/C14H27N3O2.2ClH/c1-17-12-4-3-5-13(17)9-11(8-12)16-14(18)10-15-6-7-19-2;;/h11-13,15H,3-10H2,1-2H3,(H,16,18);2*1H. The summed E-state index contributed by atoms with van der Waals surface area (Å²) in [6, 6.07) is 1.70. The topological polar surface area (TPSA) is 53.6 Å². The van der Waals surface area contributed by atoms with Crippen LogP contribution in [0.15, 0.2) is 0 Å². The van der Waals surface area contributed by atoms with E-state index in [0.717, 1.165) is 19.4 Å². The molecule has 0 saturated carbocycles. The molecule has 2 unspecified atom stereocenters. The summed E-state index contributed by atoms with van der Waals surface area (Å²) in [4.78, 5) is 14.4. The van der Waals surface area contributed by atoms with Gasteiger partial charge in [-0.3, -0.25) is 4.79 Å². The molecule has 0 aromatic carbocycles. The average molecular weight is 342 g/mol. The molecule has 2 atom stereocenters. The van der Waals surface area contributed by atoms with Crippen LogP contribution in [0.25, 0.3) is 0 Å². The number of fused-ring (bicyclic) bond motifs is 2. The van der Waals surface area contributed by atoms with E-state index in [-0.39, 0.29) is 30.7 Å².